The normalized spacial score (nSPS) is 16.9. The van der Waals surface area contributed by atoms with E-state index in [1.54, 1.807) is 12.1 Å². The van der Waals surface area contributed by atoms with Crippen LogP contribution in [-0.4, -0.2) is 14.5 Å². The Kier molecular flexibility index (Phi) is 3.84. The summed E-state index contributed by atoms with van der Waals surface area (Å²) >= 11 is 3.47. The predicted molar refractivity (Wildman–Crippen MR) is 84.2 cm³/mol. The zero-order valence-electron chi connectivity index (χ0n) is 11.0. The topological polar surface area (TPSA) is 46.2 Å². The van der Waals surface area contributed by atoms with Gasteiger partial charge in [0.05, 0.1) is 4.90 Å². The van der Waals surface area contributed by atoms with E-state index in [2.05, 4.69) is 20.7 Å². The maximum absolute atomic E-state index is 12.6. The molecule has 1 aliphatic rings. The Hall–Kier alpha value is -0.910. The minimum absolute atomic E-state index is 0.0856. The molecule has 106 valence electrons. The molecule has 2 aromatic rings. The molecule has 20 heavy (non-hydrogen) atoms. The third kappa shape index (κ3) is 2.62. The van der Waals surface area contributed by atoms with E-state index < -0.39 is 10.0 Å². The van der Waals surface area contributed by atoms with Gasteiger partial charge in [-0.2, -0.15) is 0 Å². The van der Waals surface area contributed by atoms with Gasteiger partial charge in [-0.1, -0.05) is 53.0 Å². The lowest BCUT2D eigenvalue weighted by atomic mass is 10.1. The van der Waals surface area contributed by atoms with Crippen LogP contribution >= 0.6 is 15.9 Å². The predicted octanol–water partition coefficient (Wildman–Crippen LogP) is 3.82. The zero-order valence-corrected chi connectivity index (χ0v) is 13.4. The molecule has 1 N–H and O–H groups in total. The van der Waals surface area contributed by atoms with Gasteiger partial charge in [-0.15, -0.1) is 0 Å². The van der Waals surface area contributed by atoms with Crippen LogP contribution in [0.2, 0.25) is 0 Å². The van der Waals surface area contributed by atoms with Crippen molar-refractivity contribution in [3.8, 4) is 0 Å². The van der Waals surface area contributed by atoms with E-state index in [1.807, 2.05) is 24.3 Å². The van der Waals surface area contributed by atoms with E-state index >= 15 is 0 Å². The highest BCUT2D eigenvalue weighted by atomic mass is 79.9. The highest BCUT2D eigenvalue weighted by molar-refractivity contribution is 9.10. The first-order chi connectivity index (χ1) is 9.58. The fourth-order valence-corrected chi connectivity index (χ4v) is 4.79. The summed E-state index contributed by atoms with van der Waals surface area (Å²) in [6.07, 6.45) is 4.09. The van der Waals surface area contributed by atoms with Crippen LogP contribution in [0.5, 0.6) is 0 Å². The summed E-state index contributed by atoms with van der Waals surface area (Å²) in [7, 11) is -3.46. The van der Waals surface area contributed by atoms with Crippen molar-refractivity contribution in [2.45, 2.75) is 36.6 Å². The second kappa shape index (κ2) is 5.47. The molecule has 3 nitrogen and oxygen atoms in total. The standard InChI is InChI=1S/C15H16BrNO2S/c16-14-9-10-15(13-8-4-3-7-12(13)14)20(18,19)17-11-5-1-2-6-11/h3-4,7-11,17H,1-2,5-6H2. The largest absolute Gasteiger partial charge is 0.241 e. The molecule has 0 aromatic heterocycles. The molecule has 0 spiro atoms. The molecule has 0 aliphatic heterocycles. The molecule has 0 bridgehead atoms. The van der Waals surface area contributed by atoms with Crippen LogP contribution < -0.4 is 4.72 Å². The Bertz CT molecular complexity index is 737. The van der Waals surface area contributed by atoms with E-state index in [-0.39, 0.29) is 6.04 Å². The molecule has 0 atom stereocenters. The van der Waals surface area contributed by atoms with Crippen molar-refractivity contribution in [1.82, 2.24) is 4.72 Å². The Labute approximate surface area is 127 Å². The number of rotatable bonds is 3. The molecule has 1 aliphatic carbocycles. The summed E-state index contributed by atoms with van der Waals surface area (Å²) in [4.78, 5) is 0.364. The molecular formula is C15H16BrNO2S. The van der Waals surface area contributed by atoms with Gasteiger partial charge >= 0.3 is 0 Å². The SMILES string of the molecule is O=S(=O)(NC1CCCC1)c1ccc(Br)c2ccccc12. The summed E-state index contributed by atoms with van der Waals surface area (Å²) in [5.74, 6) is 0. The lowest BCUT2D eigenvalue weighted by Gasteiger charge is -2.14. The van der Waals surface area contributed by atoms with Gasteiger partial charge in [0, 0.05) is 15.9 Å². The van der Waals surface area contributed by atoms with Crippen LogP contribution in [-0.2, 0) is 10.0 Å². The summed E-state index contributed by atoms with van der Waals surface area (Å²) in [5.41, 5.74) is 0. The Morgan fingerprint density at radius 1 is 1.00 bits per heavy atom. The maximum Gasteiger partial charge on any atom is 0.241 e. The van der Waals surface area contributed by atoms with Crippen molar-refractivity contribution in [2.75, 3.05) is 0 Å². The quantitative estimate of drug-likeness (QED) is 0.911. The number of halogens is 1. The van der Waals surface area contributed by atoms with E-state index in [0.29, 0.717) is 4.90 Å². The lowest BCUT2D eigenvalue weighted by Crippen LogP contribution is -2.32. The van der Waals surface area contributed by atoms with Gasteiger partial charge in [0.15, 0.2) is 0 Å². The van der Waals surface area contributed by atoms with Crippen molar-refractivity contribution >= 4 is 36.7 Å². The van der Waals surface area contributed by atoms with Crippen molar-refractivity contribution in [3.63, 3.8) is 0 Å². The van der Waals surface area contributed by atoms with Gasteiger partial charge in [0.2, 0.25) is 10.0 Å². The molecule has 3 rings (SSSR count). The number of benzene rings is 2. The van der Waals surface area contributed by atoms with E-state index in [0.717, 1.165) is 40.9 Å². The zero-order chi connectivity index (χ0) is 14.2. The molecule has 1 saturated carbocycles. The Balaban J connectivity index is 2.07. The van der Waals surface area contributed by atoms with Crippen LogP contribution in [0.3, 0.4) is 0 Å². The summed E-state index contributed by atoms with van der Waals surface area (Å²) < 4.78 is 28.9. The minimum atomic E-state index is -3.46. The van der Waals surface area contributed by atoms with Gasteiger partial charge in [0.25, 0.3) is 0 Å². The molecular weight excluding hydrogens is 338 g/mol. The van der Waals surface area contributed by atoms with Crippen LogP contribution in [0, 0.1) is 0 Å². The molecule has 5 heteroatoms. The van der Waals surface area contributed by atoms with Crippen LogP contribution in [0.15, 0.2) is 45.8 Å². The second-order valence-electron chi connectivity index (χ2n) is 5.19. The maximum atomic E-state index is 12.6. The fraction of sp³-hybridized carbons (Fsp3) is 0.333. The highest BCUT2D eigenvalue weighted by Gasteiger charge is 2.24. The van der Waals surface area contributed by atoms with Gasteiger partial charge in [-0.3, -0.25) is 0 Å². The van der Waals surface area contributed by atoms with E-state index in [9.17, 15) is 8.42 Å². The van der Waals surface area contributed by atoms with Crippen molar-refractivity contribution in [2.24, 2.45) is 0 Å². The van der Waals surface area contributed by atoms with Gasteiger partial charge < -0.3 is 0 Å². The van der Waals surface area contributed by atoms with Gasteiger partial charge in [-0.05, 0) is 30.4 Å². The number of fused-ring (bicyclic) bond motifs is 1. The minimum Gasteiger partial charge on any atom is -0.208 e. The molecule has 0 heterocycles. The monoisotopic (exact) mass is 353 g/mol. The fourth-order valence-electron chi connectivity index (χ4n) is 2.80. The van der Waals surface area contributed by atoms with Crippen LogP contribution in [0.25, 0.3) is 10.8 Å². The first-order valence-corrected chi connectivity index (χ1v) is 9.05. The molecule has 0 saturated heterocycles. The van der Waals surface area contributed by atoms with Gasteiger partial charge in [-0.25, -0.2) is 13.1 Å². The van der Waals surface area contributed by atoms with Gasteiger partial charge in [0.1, 0.15) is 0 Å². The lowest BCUT2D eigenvalue weighted by molar-refractivity contribution is 0.553. The number of nitrogens with one attached hydrogen (secondary N) is 1. The summed E-state index contributed by atoms with van der Waals surface area (Å²) in [6.45, 7) is 0. The second-order valence-corrected chi connectivity index (χ2v) is 7.73. The molecule has 1 fully saturated rings. The number of sulfonamides is 1. The molecule has 2 aromatic carbocycles. The smallest absolute Gasteiger partial charge is 0.208 e. The highest BCUT2D eigenvalue weighted by Crippen LogP contribution is 2.30. The third-order valence-electron chi connectivity index (χ3n) is 3.80. The number of hydrogen-bond acceptors (Lipinski definition) is 2. The third-order valence-corrected chi connectivity index (χ3v) is 6.07. The first kappa shape index (κ1) is 14.0. The van der Waals surface area contributed by atoms with Crippen LogP contribution in [0.1, 0.15) is 25.7 Å². The van der Waals surface area contributed by atoms with Crippen molar-refractivity contribution < 1.29 is 8.42 Å². The van der Waals surface area contributed by atoms with E-state index in [1.165, 1.54) is 0 Å². The Morgan fingerprint density at radius 3 is 2.35 bits per heavy atom. The molecule has 0 unspecified atom stereocenters. The molecule has 0 amide bonds. The summed E-state index contributed by atoms with van der Waals surface area (Å²) in [5, 5.41) is 1.68. The van der Waals surface area contributed by atoms with E-state index in [4.69, 9.17) is 0 Å². The molecule has 0 radical (unpaired) electrons. The van der Waals surface area contributed by atoms with Crippen molar-refractivity contribution in [1.29, 1.82) is 0 Å². The van der Waals surface area contributed by atoms with Crippen LogP contribution in [0.4, 0.5) is 0 Å². The average Bonchev–Trinajstić information content (AvgIpc) is 2.91. The average molecular weight is 354 g/mol. The Morgan fingerprint density at radius 2 is 1.65 bits per heavy atom. The number of hydrogen-bond donors (Lipinski definition) is 1. The first-order valence-electron chi connectivity index (χ1n) is 6.77. The van der Waals surface area contributed by atoms with Crippen molar-refractivity contribution in [3.05, 3.63) is 40.9 Å². The summed E-state index contributed by atoms with van der Waals surface area (Å²) in [6, 6.07) is 11.1.